The topological polar surface area (TPSA) is 38.8 Å². The van der Waals surface area contributed by atoms with Crippen LogP contribution < -0.4 is 9.47 Å². The van der Waals surface area contributed by atoms with Crippen LogP contribution in [0.1, 0.15) is 46.5 Å². The number of rotatable bonds is 7. The first-order valence-electron chi connectivity index (χ1n) is 8.29. The average molecular weight is 305 g/mol. The summed E-state index contributed by atoms with van der Waals surface area (Å²) in [4.78, 5) is 14.6. The highest BCUT2D eigenvalue weighted by Gasteiger charge is 2.28. The molecule has 0 unspecified atom stereocenters. The van der Waals surface area contributed by atoms with Gasteiger partial charge in [0.2, 0.25) is 0 Å². The zero-order valence-electron chi connectivity index (χ0n) is 13.9. The van der Waals surface area contributed by atoms with Crippen molar-refractivity contribution in [2.75, 3.05) is 13.2 Å². The minimum atomic E-state index is 0.0631. The molecule has 1 aromatic carbocycles. The van der Waals surface area contributed by atoms with E-state index in [9.17, 15) is 4.79 Å². The van der Waals surface area contributed by atoms with Gasteiger partial charge in [0.1, 0.15) is 0 Å². The van der Waals surface area contributed by atoms with Crippen LogP contribution in [-0.2, 0) is 4.79 Å². The minimum Gasteiger partial charge on any atom is -0.490 e. The van der Waals surface area contributed by atoms with Crippen LogP contribution in [0.15, 0.2) is 24.3 Å². The Morgan fingerprint density at radius 3 is 2.32 bits per heavy atom. The van der Waals surface area contributed by atoms with E-state index in [0.29, 0.717) is 24.1 Å². The van der Waals surface area contributed by atoms with Crippen molar-refractivity contribution >= 4 is 5.91 Å². The summed E-state index contributed by atoms with van der Waals surface area (Å²) in [5.74, 6) is 1.38. The highest BCUT2D eigenvalue weighted by Crippen LogP contribution is 2.28. The van der Waals surface area contributed by atoms with E-state index < -0.39 is 0 Å². The highest BCUT2D eigenvalue weighted by atomic mass is 16.5. The normalized spacial score (nSPS) is 15.1. The molecule has 0 radical (unpaired) electrons. The van der Waals surface area contributed by atoms with Crippen LogP contribution in [0.4, 0.5) is 0 Å². The first kappa shape index (κ1) is 16.7. The Hall–Kier alpha value is -1.71. The number of hydrogen-bond acceptors (Lipinski definition) is 3. The van der Waals surface area contributed by atoms with Crippen molar-refractivity contribution in [3.05, 3.63) is 24.3 Å². The van der Waals surface area contributed by atoms with Gasteiger partial charge in [-0.15, -0.1) is 0 Å². The summed E-state index contributed by atoms with van der Waals surface area (Å²) in [6.07, 6.45) is 4.66. The molecule has 22 heavy (non-hydrogen) atoms. The molecule has 1 fully saturated rings. The molecule has 0 atom stereocenters. The van der Waals surface area contributed by atoms with Crippen molar-refractivity contribution in [3.8, 4) is 11.5 Å². The maximum Gasteiger partial charge on any atom is 0.260 e. The van der Waals surface area contributed by atoms with Crippen molar-refractivity contribution in [2.24, 2.45) is 0 Å². The summed E-state index contributed by atoms with van der Waals surface area (Å²) >= 11 is 0. The largest absolute Gasteiger partial charge is 0.490 e. The van der Waals surface area contributed by atoms with Crippen LogP contribution in [0.3, 0.4) is 0 Å². The molecular weight excluding hydrogens is 278 g/mol. The molecule has 0 saturated heterocycles. The molecule has 0 N–H and O–H groups in total. The Balaban J connectivity index is 1.98. The molecular formula is C18H27NO3. The van der Waals surface area contributed by atoms with Gasteiger partial charge < -0.3 is 14.4 Å². The Morgan fingerprint density at radius 2 is 1.77 bits per heavy atom. The van der Waals surface area contributed by atoms with Gasteiger partial charge in [-0.1, -0.05) is 25.0 Å². The molecule has 4 nitrogen and oxygen atoms in total. The molecule has 2 rings (SSSR count). The van der Waals surface area contributed by atoms with Crippen LogP contribution in [0, 0.1) is 0 Å². The number of benzene rings is 1. The first-order valence-corrected chi connectivity index (χ1v) is 8.29. The Morgan fingerprint density at radius 1 is 1.18 bits per heavy atom. The molecule has 1 aliphatic carbocycles. The predicted octanol–water partition coefficient (Wildman–Crippen LogP) is 3.64. The second kappa shape index (κ2) is 8.06. The lowest BCUT2D eigenvalue weighted by molar-refractivity contribution is -0.137. The number of ether oxygens (including phenoxy) is 2. The Labute approximate surface area is 133 Å². The zero-order chi connectivity index (χ0) is 15.9. The second-order valence-corrected chi connectivity index (χ2v) is 6.00. The number of carbonyl (C=O) groups is 1. The highest BCUT2D eigenvalue weighted by molar-refractivity contribution is 5.78. The minimum absolute atomic E-state index is 0.0631. The second-order valence-electron chi connectivity index (χ2n) is 6.00. The molecule has 0 aromatic heterocycles. The molecule has 4 heteroatoms. The van der Waals surface area contributed by atoms with Crippen molar-refractivity contribution in [2.45, 2.75) is 58.5 Å². The maximum absolute atomic E-state index is 12.6. The SMILES string of the molecule is CCOc1ccccc1OCC(=O)N(C(C)C)C1CCCC1. The summed E-state index contributed by atoms with van der Waals surface area (Å²) in [6.45, 7) is 6.73. The van der Waals surface area contributed by atoms with E-state index in [1.807, 2.05) is 36.1 Å². The lowest BCUT2D eigenvalue weighted by atomic mass is 10.1. The third kappa shape index (κ3) is 4.15. The van der Waals surface area contributed by atoms with E-state index in [4.69, 9.17) is 9.47 Å². The quantitative estimate of drug-likeness (QED) is 0.772. The van der Waals surface area contributed by atoms with Gasteiger partial charge in [-0.25, -0.2) is 0 Å². The fourth-order valence-corrected chi connectivity index (χ4v) is 3.15. The molecule has 1 aromatic rings. The van der Waals surface area contributed by atoms with Gasteiger partial charge in [0.05, 0.1) is 6.61 Å². The van der Waals surface area contributed by atoms with Crippen LogP contribution >= 0.6 is 0 Å². The zero-order valence-corrected chi connectivity index (χ0v) is 13.9. The standard InChI is InChI=1S/C18H27NO3/c1-4-21-16-11-7-8-12-17(16)22-13-18(20)19(14(2)3)15-9-5-6-10-15/h7-8,11-12,14-15H,4-6,9-10,13H2,1-3H3. The lowest BCUT2D eigenvalue weighted by Crippen LogP contribution is -2.45. The number of hydrogen-bond donors (Lipinski definition) is 0. The number of carbonyl (C=O) groups excluding carboxylic acids is 1. The molecule has 1 saturated carbocycles. The molecule has 0 bridgehead atoms. The van der Waals surface area contributed by atoms with Gasteiger partial charge in [-0.05, 0) is 45.7 Å². The summed E-state index contributed by atoms with van der Waals surface area (Å²) in [6, 6.07) is 8.08. The molecule has 1 aliphatic rings. The van der Waals surface area contributed by atoms with E-state index in [2.05, 4.69) is 13.8 Å². The Kier molecular flexibility index (Phi) is 6.10. The third-order valence-corrected chi connectivity index (χ3v) is 4.06. The predicted molar refractivity (Wildman–Crippen MR) is 87.3 cm³/mol. The van der Waals surface area contributed by atoms with Crippen molar-refractivity contribution in [3.63, 3.8) is 0 Å². The van der Waals surface area contributed by atoms with Crippen LogP contribution in [0.5, 0.6) is 11.5 Å². The van der Waals surface area contributed by atoms with E-state index in [1.54, 1.807) is 0 Å². The summed E-state index contributed by atoms with van der Waals surface area (Å²) < 4.78 is 11.3. The molecule has 122 valence electrons. The van der Waals surface area contributed by atoms with Crippen molar-refractivity contribution in [1.82, 2.24) is 4.90 Å². The monoisotopic (exact) mass is 305 g/mol. The smallest absolute Gasteiger partial charge is 0.260 e. The van der Waals surface area contributed by atoms with Crippen molar-refractivity contribution in [1.29, 1.82) is 0 Å². The molecule has 1 amide bonds. The van der Waals surface area contributed by atoms with Crippen LogP contribution in [0.2, 0.25) is 0 Å². The summed E-state index contributed by atoms with van der Waals surface area (Å²) in [7, 11) is 0. The first-order chi connectivity index (χ1) is 10.6. The van der Waals surface area contributed by atoms with E-state index in [-0.39, 0.29) is 18.6 Å². The van der Waals surface area contributed by atoms with Gasteiger partial charge in [0, 0.05) is 12.1 Å². The Bertz CT molecular complexity index is 481. The molecule has 0 aliphatic heterocycles. The number of amides is 1. The van der Waals surface area contributed by atoms with E-state index >= 15 is 0 Å². The number of nitrogens with zero attached hydrogens (tertiary/aromatic N) is 1. The van der Waals surface area contributed by atoms with Crippen molar-refractivity contribution < 1.29 is 14.3 Å². The maximum atomic E-state index is 12.6. The van der Waals surface area contributed by atoms with E-state index in [1.165, 1.54) is 12.8 Å². The van der Waals surface area contributed by atoms with Gasteiger partial charge in [0.15, 0.2) is 18.1 Å². The third-order valence-electron chi connectivity index (χ3n) is 4.06. The molecule has 0 heterocycles. The van der Waals surface area contributed by atoms with Gasteiger partial charge in [-0.3, -0.25) is 4.79 Å². The van der Waals surface area contributed by atoms with Gasteiger partial charge in [-0.2, -0.15) is 0 Å². The van der Waals surface area contributed by atoms with Crippen LogP contribution in [-0.4, -0.2) is 36.1 Å². The molecule has 0 spiro atoms. The average Bonchev–Trinajstić information content (AvgIpc) is 3.00. The van der Waals surface area contributed by atoms with Gasteiger partial charge in [0.25, 0.3) is 5.91 Å². The van der Waals surface area contributed by atoms with E-state index in [0.717, 1.165) is 12.8 Å². The fraction of sp³-hybridized carbons (Fsp3) is 0.611. The summed E-state index contributed by atoms with van der Waals surface area (Å²) in [5, 5.41) is 0. The van der Waals surface area contributed by atoms with Crippen LogP contribution in [0.25, 0.3) is 0 Å². The summed E-state index contributed by atoms with van der Waals surface area (Å²) in [5.41, 5.74) is 0. The lowest BCUT2D eigenvalue weighted by Gasteiger charge is -2.32. The fourth-order valence-electron chi connectivity index (χ4n) is 3.15. The number of para-hydroxylation sites is 2. The van der Waals surface area contributed by atoms with Gasteiger partial charge >= 0.3 is 0 Å².